The molecule has 0 saturated heterocycles. The zero-order valence-electron chi connectivity index (χ0n) is 7.57. The van der Waals surface area contributed by atoms with E-state index >= 15 is 0 Å². The Morgan fingerprint density at radius 3 is 2.69 bits per heavy atom. The van der Waals surface area contributed by atoms with Crippen molar-refractivity contribution in [1.82, 2.24) is 15.6 Å². The average molecular weight is 174 g/mol. The first kappa shape index (κ1) is 8.05. The molecule has 1 aliphatic heterocycles. The highest BCUT2D eigenvalue weighted by atomic mass is 15.8. The van der Waals surface area contributed by atoms with Crippen molar-refractivity contribution in [3.05, 3.63) is 48.3 Å². The third-order valence-electron chi connectivity index (χ3n) is 1.88. The van der Waals surface area contributed by atoms with Crippen LogP contribution in [0.5, 0.6) is 0 Å². The summed E-state index contributed by atoms with van der Waals surface area (Å²) in [4.78, 5) is 0. The Kier molecular flexibility index (Phi) is 2.13. The van der Waals surface area contributed by atoms with E-state index in [1.165, 1.54) is 5.56 Å². The molecule has 0 atom stereocenters. The van der Waals surface area contributed by atoms with E-state index in [0.717, 1.165) is 6.54 Å². The molecule has 66 valence electrons. The summed E-state index contributed by atoms with van der Waals surface area (Å²) in [6, 6.07) is 10.3. The van der Waals surface area contributed by atoms with Gasteiger partial charge in [-0.25, -0.2) is 5.01 Å². The first-order chi connectivity index (χ1) is 6.34. The molecule has 1 aliphatic rings. The average Bonchev–Trinajstić information content (AvgIpc) is 2.53. The van der Waals surface area contributed by atoms with Gasteiger partial charge in [0.1, 0.15) is 0 Å². The van der Waals surface area contributed by atoms with Gasteiger partial charge in [-0.1, -0.05) is 40.9 Å². The summed E-state index contributed by atoms with van der Waals surface area (Å²) in [7, 11) is 1.92. The summed E-state index contributed by atoms with van der Waals surface area (Å²) in [6.45, 7) is 0.859. The van der Waals surface area contributed by atoms with Crippen molar-refractivity contribution in [3.63, 3.8) is 0 Å². The first-order valence-corrected chi connectivity index (χ1v) is 4.25. The summed E-state index contributed by atoms with van der Waals surface area (Å²) >= 11 is 0. The minimum Gasteiger partial charge on any atom is -0.242 e. The molecule has 0 aromatic heterocycles. The summed E-state index contributed by atoms with van der Waals surface area (Å²) < 4.78 is 0. The van der Waals surface area contributed by atoms with Crippen molar-refractivity contribution in [1.29, 1.82) is 0 Å². The lowest BCUT2D eigenvalue weighted by Gasteiger charge is -2.12. The topological polar surface area (TPSA) is 18.5 Å². The van der Waals surface area contributed by atoms with Gasteiger partial charge in [0.05, 0.1) is 13.6 Å². The van der Waals surface area contributed by atoms with E-state index in [2.05, 4.69) is 23.9 Å². The third kappa shape index (κ3) is 1.96. The summed E-state index contributed by atoms with van der Waals surface area (Å²) in [6.07, 6.45) is 4.91. The Labute approximate surface area is 78.2 Å². The van der Waals surface area contributed by atoms with Crippen molar-refractivity contribution in [2.24, 2.45) is 0 Å². The second-order valence-corrected chi connectivity index (χ2v) is 3.03. The van der Waals surface area contributed by atoms with Crippen LogP contribution in [0.4, 0.5) is 0 Å². The molecule has 1 N–H and O–H groups in total. The Morgan fingerprint density at radius 1 is 1.31 bits per heavy atom. The van der Waals surface area contributed by atoms with Gasteiger partial charge >= 0.3 is 6.20 Å². The molecule has 0 saturated carbocycles. The number of hydrazine groups is 2. The first-order valence-electron chi connectivity index (χ1n) is 4.25. The fourth-order valence-corrected chi connectivity index (χ4v) is 1.27. The normalized spacial score (nSPS) is 14.8. The van der Waals surface area contributed by atoms with Crippen molar-refractivity contribution in [3.8, 4) is 0 Å². The Balaban J connectivity index is 1.96. The van der Waals surface area contributed by atoms with Crippen LogP contribution in [0, 0.1) is 6.20 Å². The SMILES string of the molecule is CN1[C+]=CN(Cc2ccccc2)N1. The van der Waals surface area contributed by atoms with Crippen LogP contribution in [0.2, 0.25) is 0 Å². The lowest BCUT2D eigenvalue weighted by molar-refractivity contribution is 0.151. The highest BCUT2D eigenvalue weighted by Gasteiger charge is 2.19. The van der Waals surface area contributed by atoms with Gasteiger partial charge in [-0.3, -0.25) is 0 Å². The zero-order chi connectivity index (χ0) is 9.10. The maximum Gasteiger partial charge on any atom is 0.409 e. The van der Waals surface area contributed by atoms with Crippen molar-refractivity contribution in [2.75, 3.05) is 7.05 Å². The molecule has 0 spiro atoms. The highest BCUT2D eigenvalue weighted by Crippen LogP contribution is 2.05. The minimum absolute atomic E-state index is 0.859. The van der Waals surface area contributed by atoms with Gasteiger partial charge in [0.2, 0.25) is 0 Å². The summed E-state index contributed by atoms with van der Waals surface area (Å²) in [5.74, 6) is 0. The Morgan fingerprint density at radius 2 is 2.08 bits per heavy atom. The maximum atomic E-state index is 3.10. The molecule has 3 heteroatoms. The van der Waals surface area contributed by atoms with E-state index < -0.39 is 0 Å². The fourth-order valence-electron chi connectivity index (χ4n) is 1.27. The number of nitrogens with zero attached hydrogens (tertiary/aromatic N) is 2. The predicted molar refractivity (Wildman–Crippen MR) is 50.7 cm³/mol. The van der Waals surface area contributed by atoms with Crippen LogP contribution in [0.1, 0.15) is 5.56 Å². The van der Waals surface area contributed by atoms with Gasteiger partial charge in [0.25, 0.3) is 6.20 Å². The van der Waals surface area contributed by atoms with Gasteiger partial charge < -0.3 is 0 Å². The molecule has 0 radical (unpaired) electrons. The van der Waals surface area contributed by atoms with E-state index in [0.29, 0.717) is 0 Å². The lowest BCUT2D eigenvalue weighted by atomic mass is 10.2. The fraction of sp³-hybridized carbons (Fsp3) is 0.200. The molecule has 0 unspecified atom stereocenters. The van der Waals surface area contributed by atoms with Crippen LogP contribution in [0.3, 0.4) is 0 Å². The number of hydrogen-bond acceptors (Lipinski definition) is 3. The molecule has 0 fully saturated rings. The molecule has 2 rings (SSSR count). The van der Waals surface area contributed by atoms with Gasteiger partial charge in [0, 0.05) is 0 Å². The molecule has 1 heterocycles. The van der Waals surface area contributed by atoms with Gasteiger partial charge in [-0.2, -0.15) is 0 Å². The molecular formula is C10H12N3+. The van der Waals surface area contributed by atoms with E-state index in [1.54, 1.807) is 5.01 Å². The van der Waals surface area contributed by atoms with Crippen LogP contribution in [-0.2, 0) is 6.54 Å². The summed E-state index contributed by atoms with van der Waals surface area (Å²) in [5, 5.41) is 3.78. The molecular weight excluding hydrogens is 162 g/mol. The van der Waals surface area contributed by atoms with Crippen molar-refractivity contribution in [2.45, 2.75) is 6.54 Å². The van der Waals surface area contributed by atoms with Crippen molar-refractivity contribution < 1.29 is 0 Å². The van der Waals surface area contributed by atoms with Crippen LogP contribution in [-0.4, -0.2) is 17.1 Å². The molecule has 1 aromatic rings. The van der Waals surface area contributed by atoms with Gasteiger partial charge in [0.15, 0.2) is 0 Å². The molecule has 13 heavy (non-hydrogen) atoms. The highest BCUT2D eigenvalue weighted by molar-refractivity contribution is 5.14. The zero-order valence-corrected chi connectivity index (χ0v) is 7.57. The number of rotatable bonds is 2. The largest absolute Gasteiger partial charge is 0.409 e. The van der Waals surface area contributed by atoms with E-state index in [4.69, 9.17) is 0 Å². The molecule has 0 aliphatic carbocycles. The Hall–Kier alpha value is -1.57. The maximum absolute atomic E-state index is 3.10. The molecule has 0 bridgehead atoms. The van der Waals surface area contributed by atoms with Crippen LogP contribution < -0.4 is 5.53 Å². The van der Waals surface area contributed by atoms with E-state index in [1.807, 2.05) is 36.5 Å². The number of hydrogen-bond donors (Lipinski definition) is 1. The predicted octanol–water partition coefficient (Wildman–Crippen LogP) is 1.13. The monoisotopic (exact) mass is 174 g/mol. The standard InChI is InChI=1S/C10H12N3/c1-12-7-8-13(11-12)9-10-5-3-2-4-6-10/h2-6,8,11H,9H2,1H3/q+1. The van der Waals surface area contributed by atoms with E-state index in [9.17, 15) is 0 Å². The quantitative estimate of drug-likeness (QED) is 0.678. The van der Waals surface area contributed by atoms with Crippen LogP contribution >= 0.6 is 0 Å². The molecule has 0 amide bonds. The second kappa shape index (κ2) is 3.44. The summed E-state index contributed by atoms with van der Waals surface area (Å²) in [5.41, 5.74) is 4.38. The minimum atomic E-state index is 0.859. The van der Waals surface area contributed by atoms with Gasteiger partial charge in [-0.05, 0) is 5.56 Å². The van der Waals surface area contributed by atoms with Crippen molar-refractivity contribution >= 4 is 0 Å². The van der Waals surface area contributed by atoms with E-state index in [-0.39, 0.29) is 0 Å². The molecule has 1 aromatic carbocycles. The van der Waals surface area contributed by atoms with Gasteiger partial charge in [-0.15, -0.1) is 0 Å². The molecule has 3 nitrogen and oxygen atoms in total. The van der Waals surface area contributed by atoms with Crippen LogP contribution in [0.25, 0.3) is 0 Å². The Bertz CT molecular complexity index is 294. The third-order valence-corrected chi connectivity index (χ3v) is 1.88. The number of nitrogens with one attached hydrogen (secondary N) is 1. The smallest absolute Gasteiger partial charge is 0.242 e. The lowest BCUT2D eigenvalue weighted by Crippen LogP contribution is -2.36. The second-order valence-electron chi connectivity index (χ2n) is 3.03. The van der Waals surface area contributed by atoms with Crippen LogP contribution in [0.15, 0.2) is 36.5 Å². The number of benzene rings is 1.